The highest BCUT2D eigenvalue weighted by atomic mass is 16.4. The normalized spacial score (nSPS) is 10.8. The van der Waals surface area contributed by atoms with Crippen LogP contribution in [-0.2, 0) is 29.2 Å². The van der Waals surface area contributed by atoms with E-state index in [0.717, 1.165) is 19.6 Å². The zero-order chi connectivity index (χ0) is 22.4. The highest BCUT2D eigenvalue weighted by Gasteiger charge is 2.10. The summed E-state index contributed by atoms with van der Waals surface area (Å²) < 4.78 is 2.40. The van der Waals surface area contributed by atoms with Crippen LogP contribution in [0.25, 0.3) is 21.8 Å². The van der Waals surface area contributed by atoms with Gasteiger partial charge in [0.2, 0.25) is 0 Å². The highest BCUT2D eigenvalue weighted by molar-refractivity contribution is 6.27. The fourth-order valence-corrected chi connectivity index (χ4v) is 3.80. The summed E-state index contributed by atoms with van der Waals surface area (Å²) in [6.07, 6.45) is 0. The van der Waals surface area contributed by atoms with Crippen LogP contribution < -0.4 is 0 Å². The first-order chi connectivity index (χ1) is 14.9. The number of aryl methyl sites for hydroxylation is 1. The SMILES string of the molecule is CCn1c2ccccc2c2cc(CN(C)Cc3ccccc3)ccc21.O=C(O)C(=O)O. The van der Waals surface area contributed by atoms with Gasteiger partial charge in [-0.15, -0.1) is 0 Å². The number of aliphatic carboxylic acids is 2. The van der Waals surface area contributed by atoms with Crippen LogP contribution in [0.4, 0.5) is 0 Å². The van der Waals surface area contributed by atoms with Crippen LogP contribution in [-0.4, -0.2) is 38.7 Å². The van der Waals surface area contributed by atoms with Crippen molar-refractivity contribution in [3.05, 3.63) is 83.9 Å². The van der Waals surface area contributed by atoms with Gasteiger partial charge in [-0.05, 0) is 43.3 Å². The van der Waals surface area contributed by atoms with E-state index in [2.05, 4.69) is 96.2 Å². The Kier molecular flexibility index (Phi) is 7.05. The van der Waals surface area contributed by atoms with Crippen LogP contribution in [0.3, 0.4) is 0 Å². The summed E-state index contributed by atoms with van der Waals surface area (Å²) in [4.78, 5) is 20.6. The number of carboxylic acid groups (broad SMARTS) is 2. The Morgan fingerprint density at radius 1 is 0.774 bits per heavy atom. The maximum Gasteiger partial charge on any atom is 0.414 e. The molecule has 0 radical (unpaired) electrons. The first kappa shape index (κ1) is 22.1. The van der Waals surface area contributed by atoms with Crippen molar-refractivity contribution in [3.63, 3.8) is 0 Å². The van der Waals surface area contributed by atoms with E-state index >= 15 is 0 Å². The lowest BCUT2D eigenvalue weighted by Gasteiger charge is -2.17. The van der Waals surface area contributed by atoms with Gasteiger partial charge in [0.15, 0.2) is 0 Å². The number of fused-ring (bicyclic) bond motifs is 3. The van der Waals surface area contributed by atoms with Crippen LogP contribution in [0.5, 0.6) is 0 Å². The zero-order valence-electron chi connectivity index (χ0n) is 17.7. The lowest BCUT2D eigenvalue weighted by atomic mass is 10.1. The van der Waals surface area contributed by atoms with E-state index in [9.17, 15) is 0 Å². The zero-order valence-corrected chi connectivity index (χ0v) is 17.7. The van der Waals surface area contributed by atoms with Crippen molar-refractivity contribution < 1.29 is 19.8 Å². The third-order valence-electron chi connectivity index (χ3n) is 5.08. The van der Waals surface area contributed by atoms with E-state index < -0.39 is 11.9 Å². The molecule has 0 atom stereocenters. The van der Waals surface area contributed by atoms with E-state index in [4.69, 9.17) is 19.8 Å². The molecule has 3 aromatic carbocycles. The third kappa shape index (κ3) is 5.29. The summed E-state index contributed by atoms with van der Waals surface area (Å²) in [5, 5.41) is 17.5. The van der Waals surface area contributed by atoms with Crippen LogP contribution in [0, 0.1) is 0 Å². The molecule has 6 heteroatoms. The Morgan fingerprint density at radius 3 is 2.00 bits per heavy atom. The van der Waals surface area contributed by atoms with E-state index in [0.29, 0.717) is 0 Å². The Morgan fingerprint density at radius 2 is 1.35 bits per heavy atom. The van der Waals surface area contributed by atoms with Crippen LogP contribution >= 0.6 is 0 Å². The second kappa shape index (κ2) is 9.91. The number of nitrogens with zero attached hydrogens (tertiary/aromatic N) is 2. The molecule has 0 amide bonds. The first-order valence-corrected chi connectivity index (χ1v) is 10.1. The van der Waals surface area contributed by atoms with Gasteiger partial charge in [-0.2, -0.15) is 0 Å². The van der Waals surface area contributed by atoms with E-state index in [-0.39, 0.29) is 0 Å². The summed E-state index contributed by atoms with van der Waals surface area (Å²) in [7, 11) is 2.19. The number of carbonyl (C=O) groups is 2. The van der Waals surface area contributed by atoms with Gasteiger partial charge >= 0.3 is 11.9 Å². The molecule has 4 rings (SSSR count). The van der Waals surface area contributed by atoms with Crippen molar-refractivity contribution in [2.45, 2.75) is 26.6 Å². The molecule has 160 valence electrons. The van der Waals surface area contributed by atoms with Crippen molar-refractivity contribution in [2.75, 3.05) is 7.05 Å². The predicted molar refractivity (Wildman–Crippen MR) is 122 cm³/mol. The molecule has 0 saturated heterocycles. The summed E-state index contributed by atoms with van der Waals surface area (Å²) in [6.45, 7) is 5.14. The van der Waals surface area contributed by atoms with Crippen LogP contribution in [0.15, 0.2) is 72.8 Å². The largest absolute Gasteiger partial charge is 0.473 e. The van der Waals surface area contributed by atoms with Gasteiger partial charge in [0.1, 0.15) is 0 Å². The fraction of sp³-hybridized carbons (Fsp3) is 0.200. The molecule has 2 N–H and O–H groups in total. The summed E-state index contributed by atoms with van der Waals surface area (Å²) >= 11 is 0. The van der Waals surface area contributed by atoms with Crippen molar-refractivity contribution in [1.82, 2.24) is 9.47 Å². The van der Waals surface area contributed by atoms with Crippen LogP contribution in [0.2, 0.25) is 0 Å². The van der Waals surface area contributed by atoms with E-state index in [1.807, 2.05) is 0 Å². The summed E-state index contributed by atoms with van der Waals surface area (Å²) in [6, 6.07) is 26.3. The van der Waals surface area contributed by atoms with E-state index in [1.54, 1.807) is 0 Å². The van der Waals surface area contributed by atoms with Gasteiger partial charge in [0.25, 0.3) is 0 Å². The Labute approximate surface area is 181 Å². The lowest BCUT2D eigenvalue weighted by Crippen LogP contribution is -2.17. The molecule has 0 bridgehead atoms. The number of benzene rings is 3. The average Bonchev–Trinajstić information content (AvgIpc) is 3.08. The number of carboxylic acids is 2. The summed E-state index contributed by atoms with van der Waals surface area (Å²) in [5.74, 6) is -3.65. The smallest absolute Gasteiger partial charge is 0.414 e. The van der Waals surface area contributed by atoms with Crippen molar-refractivity contribution >= 4 is 33.7 Å². The monoisotopic (exact) mass is 418 g/mol. The number of para-hydroxylation sites is 1. The minimum absolute atomic E-state index is 0.955. The van der Waals surface area contributed by atoms with Crippen LogP contribution in [0.1, 0.15) is 18.1 Å². The maximum atomic E-state index is 9.10. The van der Waals surface area contributed by atoms with Crippen molar-refractivity contribution in [2.24, 2.45) is 0 Å². The molecule has 1 heterocycles. The molecule has 0 spiro atoms. The van der Waals surface area contributed by atoms with Crippen molar-refractivity contribution in [3.8, 4) is 0 Å². The minimum Gasteiger partial charge on any atom is -0.473 e. The second-order valence-electron chi connectivity index (χ2n) is 7.38. The van der Waals surface area contributed by atoms with Gasteiger partial charge in [-0.25, -0.2) is 9.59 Å². The quantitative estimate of drug-likeness (QED) is 0.463. The second-order valence-corrected chi connectivity index (χ2v) is 7.38. The molecule has 4 aromatic rings. The topological polar surface area (TPSA) is 82.8 Å². The molecule has 0 saturated carbocycles. The number of hydrogen-bond donors (Lipinski definition) is 2. The van der Waals surface area contributed by atoms with E-state index in [1.165, 1.54) is 32.9 Å². The molecule has 31 heavy (non-hydrogen) atoms. The van der Waals surface area contributed by atoms with Gasteiger partial charge in [-0.3, -0.25) is 4.90 Å². The Balaban J connectivity index is 0.000000401. The average molecular weight is 418 g/mol. The predicted octanol–water partition coefficient (Wildman–Crippen LogP) is 4.60. The number of rotatable bonds is 5. The van der Waals surface area contributed by atoms with Crippen molar-refractivity contribution in [1.29, 1.82) is 0 Å². The van der Waals surface area contributed by atoms with Gasteiger partial charge in [0.05, 0.1) is 0 Å². The minimum atomic E-state index is -1.82. The molecule has 0 aliphatic carbocycles. The Bertz CT molecular complexity index is 1190. The molecule has 0 fully saturated rings. The van der Waals surface area contributed by atoms with Gasteiger partial charge in [-0.1, -0.05) is 54.6 Å². The maximum absolute atomic E-state index is 9.10. The standard InChI is InChI=1S/C23H24N2.C2H2O4/c1-3-25-22-12-8-7-11-20(22)21-15-19(13-14-23(21)25)17-24(2)16-18-9-5-4-6-10-18;3-1(4)2(5)6/h4-15H,3,16-17H2,1-2H3;(H,3,4)(H,5,6). The number of hydrogen-bond acceptors (Lipinski definition) is 3. The molecule has 1 aromatic heterocycles. The van der Waals surface area contributed by atoms with Gasteiger partial charge < -0.3 is 14.8 Å². The third-order valence-corrected chi connectivity index (χ3v) is 5.08. The number of aromatic nitrogens is 1. The molecule has 0 aliphatic rings. The lowest BCUT2D eigenvalue weighted by molar-refractivity contribution is -0.159. The molecule has 0 unspecified atom stereocenters. The Hall–Kier alpha value is -3.64. The molecule has 0 aliphatic heterocycles. The fourth-order valence-electron chi connectivity index (χ4n) is 3.80. The first-order valence-electron chi connectivity index (χ1n) is 10.1. The molecular weight excluding hydrogens is 392 g/mol. The molecular formula is C25H26N2O4. The van der Waals surface area contributed by atoms with Gasteiger partial charge in [0, 0.05) is 41.4 Å². The highest BCUT2D eigenvalue weighted by Crippen LogP contribution is 2.30. The molecule has 6 nitrogen and oxygen atoms in total. The summed E-state index contributed by atoms with van der Waals surface area (Å²) in [5.41, 5.74) is 5.38.